The lowest BCUT2D eigenvalue weighted by atomic mass is 10.2. The van der Waals surface area contributed by atoms with Gasteiger partial charge in [-0.1, -0.05) is 44.7 Å². The van der Waals surface area contributed by atoms with Crippen LogP contribution in [0.4, 0.5) is 0 Å². The van der Waals surface area contributed by atoms with E-state index in [2.05, 4.69) is 37.3 Å². The smallest absolute Gasteiger partial charge is 0.124 e. The molecule has 3 heteroatoms. The van der Waals surface area contributed by atoms with Crippen LogP contribution >= 0.6 is 11.3 Å². The molecule has 3 rings (SSSR count). The van der Waals surface area contributed by atoms with Crippen molar-refractivity contribution in [2.75, 3.05) is 6.61 Å². The van der Waals surface area contributed by atoms with E-state index >= 15 is 0 Å². The van der Waals surface area contributed by atoms with Crippen molar-refractivity contribution in [3.8, 4) is 16.3 Å². The summed E-state index contributed by atoms with van der Waals surface area (Å²) in [5.74, 6) is 0.949. The van der Waals surface area contributed by atoms with Crippen LogP contribution in [-0.4, -0.2) is 11.6 Å². The van der Waals surface area contributed by atoms with Crippen molar-refractivity contribution in [3.05, 3.63) is 48.5 Å². The van der Waals surface area contributed by atoms with Crippen LogP contribution < -0.4 is 4.74 Å². The number of rotatable bonds is 8. The summed E-state index contributed by atoms with van der Waals surface area (Å²) in [5, 5.41) is 1.07. The van der Waals surface area contributed by atoms with Gasteiger partial charge in [-0.15, -0.1) is 11.3 Å². The summed E-state index contributed by atoms with van der Waals surface area (Å²) in [6.45, 7) is 3.05. The van der Waals surface area contributed by atoms with Gasteiger partial charge in [0.05, 0.1) is 16.8 Å². The Morgan fingerprint density at radius 2 is 1.70 bits per heavy atom. The summed E-state index contributed by atoms with van der Waals surface area (Å²) < 4.78 is 7.05. The van der Waals surface area contributed by atoms with Gasteiger partial charge in [0.15, 0.2) is 0 Å². The van der Waals surface area contributed by atoms with Gasteiger partial charge in [0, 0.05) is 5.56 Å². The Morgan fingerprint density at radius 3 is 2.48 bits per heavy atom. The van der Waals surface area contributed by atoms with Gasteiger partial charge in [-0.25, -0.2) is 4.98 Å². The van der Waals surface area contributed by atoms with E-state index in [1.165, 1.54) is 30.4 Å². The van der Waals surface area contributed by atoms with Gasteiger partial charge in [-0.3, -0.25) is 0 Å². The summed E-state index contributed by atoms with van der Waals surface area (Å²) in [4.78, 5) is 4.69. The summed E-state index contributed by atoms with van der Waals surface area (Å²) >= 11 is 1.73. The zero-order valence-corrected chi connectivity index (χ0v) is 14.4. The Kier molecular flexibility index (Phi) is 5.65. The Morgan fingerprint density at radius 1 is 0.913 bits per heavy atom. The van der Waals surface area contributed by atoms with Crippen molar-refractivity contribution in [2.45, 2.75) is 39.0 Å². The van der Waals surface area contributed by atoms with Gasteiger partial charge >= 0.3 is 0 Å². The van der Waals surface area contributed by atoms with Gasteiger partial charge in [0.25, 0.3) is 0 Å². The molecule has 0 bridgehead atoms. The highest BCUT2D eigenvalue weighted by Gasteiger charge is 2.05. The van der Waals surface area contributed by atoms with Gasteiger partial charge in [0.2, 0.25) is 0 Å². The molecule has 0 fully saturated rings. The Hall–Kier alpha value is -1.87. The monoisotopic (exact) mass is 325 g/mol. The lowest BCUT2D eigenvalue weighted by molar-refractivity contribution is 0.304. The third-order valence-electron chi connectivity index (χ3n) is 3.91. The molecule has 120 valence electrons. The van der Waals surface area contributed by atoms with Crippen molar-refractivity contribution >= 4 is 21.6 Å². The molecule has 23 heavy (non-hydrogen) atoms. The van der Waals surface area contributed by atoms with Crippen molar-refractivity contribution in [1.29, 1.82) is 0 Å². The fraction of sp³-hybridized carbons (Fsp3) is 0.350. The fourth-order valence-electron chi connectivity index (χ4n) is 2.59. The van der Waals surface area contributed by atoms with E-state index in [9.17, 15) is 0 Å². The number of hydrogen-bond acceptors (Lipinski definition) is 3. The molecule has 2 aromatic carbocycles. The molecule has 3 aromatic rings. The fourth-order valence-corrected chi connectivity index (χ4v) is 3.56. The molecule has 0 aliphatic heterocycles. The Balaban J connectivity index is 1.56. The van der Waals surface area contributed by atoms with Crippen molar-refractivity contribution in [2.24, 2.45) is 0 Å². The first-order chi connectivity index (χ1) is 11.4. The standard InChI is InChI=1S/C20H23NOS/c1-2-3-4-5-8-15-22-17-13-11-16(12-14-17)20-21-18-9-6-7-10-19(18)23-20/h6-7,9-14H,2-5,8,15H2,1H3. The summed E-state index contributed by atoms with van der Waals surface area (Å²) in [7, 11) is 0. The number of para-hydroxylation sites is 1. The molecular formula is C20H23NOS. The van der Waals surface area contributed by atoms with Crippen LogP contribution in [0.2, 0.25) is 0 Å². The van der Waals surface area contributed by atoms with Crippen LogP contribution in [0.3, 0.4) is 0 Å². The second-order valence-electron chi connectivity index (χ2n) is 5.77. The number of thiazole rings is 1. The van der Waals surface area contributed by atoms with Crippen LogP contribution in [0.25, 0.3) is 20.8 Å². The molecule has 0 N–H and O–H groups in total. The van der Waals surface area contributed by atoms with E-state index in [1.54, 1.807) is 11.3 Å². The lowest BCUT2D eigenvalue weighted by Gasteiger charge is -2.06. The van der Waals surface area contributed by atoms with Crippen molar-refractivity contribution in [3.63, 3.8) is 0 Å². The molecule has 0 aliphatic carbocycles. The van der Waals surface area contributed by atoms with Gasteiger partial charge in [0.1, 0.15) is 10.8 Å². The van der Waals surface area contributed by atoms with Crippen LogP contribution in [-0.2, 0) is 0 Å². The molecule has 0 saturated carbocycles. The molecule has 1 heterocycles. The predicted octanol–water partition coefficient (Wildman–Crippen LogP) is 6.31. The van der Waals surface area contributed by atoms with Gasteiger partial charge in [-0.2, -0.15) is 0 Å². The second-order valence-corrected chi connectivity index (χ2v) is 6.80. The molecule has 2 nitrogen and oxygen atoms in total. The third kappa shape index (κ3) is 4.32. The first-order valence-corrected chi connectivity index (χ1v) is 9.27. The minimum Gasteiger partial charge on any atom is -0.494 e. The van der Waals surface area contributed by atoms with E-state index in [-0.39, 0.29) is 0 Å². The number of fused-ring (bicyclic) bond motifs is 1. The molecular weight excluding hydrogens is 302 g/mol. The van der Waals surface area contributed by atoms with Crippen LogP contribution in [0.1, 0.15) is 39.0 Å². The first kappa shape index (κ1) is 16.0. The van der Waals surface area contributed by atoms with Crippen LogP contribution in [0, 0.1) is 0 Å². The number of benzene rings is 2. The van der Waals surface area contributed by atoms with E-state index in [0.29, 0.717) is 0 Å². The molecule has 0 spiro atoms. The van der Waals surface area contributed by atoms with E-state index in [1.807, 2.05) is 18.2 Å². The van der Waals surface area contributed by atoms with Gasteiger partial charge in [-0.05, 0) is 42.8 Å². The lowest BCUT2D eigenvalue weighted by Crippen LogP contribution is -1.97. The number of aromatic nitrogens is 1. The Labute approximate surface area is 142 Å². The zero-order chi connectivity index (χ0) is 15.9. The molecule has 0 radical (unpaired) electrons. The Bertz CT molecular complexity index is 700. The second kappa shape index (κ2) is 8.11. The number of ether oxygens (including phenoxy) is 1. The van der Waals surface area contributed by atoms with Crippen LogP contribution in [0.5, 0.6) is 5.75 Å². The van der Waals surface area contributed by atoms with Crippen molar-refractivity contribution < 1.29 is 4.74 Å². The maximum Gasteiger partial charge on any atom is 0.124 e. The van der Waals surface area contributed by atoms with Crippen LogP contribution in [0.15, 0.2) is 48.5 Å². The van der Waals surface area contributed by atoms with E-state index in [4.69, 9.17) is 9.72 Å². The molecule has 0 amide bonds. The quantitative estimate of drug-likeness (QED) is 0.453. The predicted molar refractivity (Wildman–Crippen MR) is 99.3 cm³/mol. The van der Waals surface area contributed by atoms with E-state index in [0.717, 1.165) is 34.9 Å². The van der Waals surface area contributed by atoms with Gasteiger partial charge < -0.3 is 4.74 Å². The summed E-state index contributed by atoms with van der Waals surface area (Å²) in [6.07, 6.45) is 6.33. The highest BCUT2D eigenvalue weighted by molar-refractivity contribution is 7.21. The highest BCUT2D eigenvalue weighted by Crippen LogP contribution is 2.30. The minimum atomic E-state index is 0.810. The summed E-state index contributed by atoms with van der Waals surface area (Å²) in [5.41, 5.74) is 2.22. The maximum atomic E-state index is 5.82. The molecule has 0 atom stereocenters. The molecule has 0 unspecified atom stereocenters. The van der Waals surface area contributed by atoms with Crippen molar-refractivity contribution in [1.82, 2.24) is 4.98 Å². The largest absolute Gasteiger partial charge is 0.494 e. The topological polar surface area (TPSA) is 22.1 Å². The number of hydrogen-bond donors (Lipinski definition) is 0. The first-order valence-electron chi connectivity index (χ1n) is 8.45. The zero-order valence-electron chi connectivity index (χ0n) is 13.6. The molecule has 1 aromatic heterocycles. The summed E-state index contributed by atoms with van der Waals surface area (Å²) in [6, 6.07) is 16.6. The average Bonchev–Trinajstić information content (AvgIpc) is 3.02. The SMILES string of the molecule is CCCCCCCOc1ccc(-c2nc3ccccc3s2)cc1. The number of unbranched alkanes of at least 4 members (excludes halogenated alkanes) is 4. The maximum absolute atomic E-state index is 5.82. The normalized spacial score (nSPS) is 11.0. The average molecular weight is 325 g/mol. The third-order valence-corrected chi connectivity index (χ3v) is 5.00. The van der Waals surface area contributed by atoms with E-state index < -0.39 is 0 Å². The number of nitrogens with zero attached hydrogens (tertiary/aromatic N) is 1. The molecule has 0 saturated heterocycles. The molecule has 0 aliphatic rings. The minimum absolute atomic E-state index is 0.810. The highest BCUT2D eigenvalue weighted by atomic mass is 32.1.